The van der Waals surface area contributed by atoms with Gasteiger partial charge in [0.1, 0.15) is 0 Å². The highest BCUT2D eigenvalue weighted by Gasteiger charge is 2.30. The molecule has 86 valence electrons. The van der Waals surface area contributed by atoms with Crippen LogP contribution in [-0.2, 0) is 9.59 Å². The average Bonchev–Trinajstić information content (AvgIpc) is 2.42. The summed E-state index contributed by atoms with van der Waals surface area (Å²) in [6, 6.07) is -0.0938. The molecule has 1 fully saturated rings. The van der Waals surface area contributed by atoms with Gasteiger partial charge in [-0.05, 0) is 34.0 Å². The summed E-state index contributed by atoms with van der Waals surface area (Å²) in [6.07, 6.45) is 1.23. The van der Waals surface area contributed by atoms with Crippen LogP contribution < -0.4 is 10.6 Å². The van der Waals surface area contributed by atoms with Crippen molar-refractivity contribution in [2.75, 3.05) is 20.6 Å². The molecule has 1 aliphatic rings. The SMILES string of the molecule is CC(CCN(C)C)NC1CC(=O)NC1=O. The number of nitrogens with one attached hydrogen (secondary N) is 2. The van der Waals surface area contributed by atoms with Crippen molar-refractivity contribution in [1.29, 1.82) is 0 Å². The van der Waals surface area contributed by atoms with Crippen LogP contribution in [0, 0.1) is 0 Å². The van der Waals surface area contributed by atoms with Gasteiger partial charge < -0.3 is 10.2 Å². The van der Waals surface area contributed by atoms with E-state index in [9.17, 15) is 9.59 Å². The Kier molecular flexibility index (Phi) is 4.23. The van der Waals surface area contributed by atoms with E-state index in [-0.39, 0.29) is 30.3 Å². The number of amides is 2. The summed E-state index contributed by atoms with van der Waals surface area (Å²) < 4.78 is 0. The molecule has 1 heterocycles. The first kappa shape index (κ1) is 12.1. The number of rotatable bonds is 5. The molecule has 0 spiro atoms. The first-order valence-electron chi connectivity index (χ1n) is 5.23. The largest absolute Gasteiger partial charge is 0.309 e. The molecule has 2 atom stereocenters. The number of hydrogen-bond donors (Lipinski definition) is 2. The van der Waals surface area contributed by atoms with Crippen molar-refractivity contribution in [3.63, 3.8) is 0 Å². The first-order valence-corrected chi connectivity index (χ1v) is 5.23. The van der Waals surface area contributed by atoms with Crippen molar-refractivity contribution in [3.8, 4) is 0 Å². The summed E-state index contributed by atoms with van der Waals surface area (Å²) in [6.45, 7) is 3.00. The summed E-state index contributed by atoms with van der Waals surface area (Å²) >= 11 is 0. The molecule has 15 heavy (non-hydrogen) atoms. The molecule has 0 aromatic carbocycles. The minimum atomic E-state index is -0.338. The molecule has 0 saturated carbocycles. The van der Waals surface area contributed by atoms with Crippen LogP contribution >= 0.6 is 0 Å². The Morgan fingerprint density at radius 1 is 1.53 bits per heavy atom. The third-order valence-corrected chi connectivity index (χ3v) is 2.46. The van der Waals surface area contributed by atoms with Crippen LogP contribution in [0.5, 0.6) is 0 Å². The van der Waals surface area contributed by atoms with Crippen molar-refractivity contribution in [2.24, 2.45) is 0 Å². The maximum atomic E-state index is 11.3. The molecule has 0 aromatic heterocycles. The minimum Gasteiger partial charge on any atom is -0.309 e. The van der Waals surface area contributed by atoms with E-state index < -0.39 is 0 Å². The van der Waals surface area contributed by atoms with Crippen LogP contribution in [0.1, 0.15) is 19.8 Å². The maximum absolute atomic E-state index is 11.3. The third kappa shape index (κ3) is 3.97. The molecule has 0 aromatic rings. The molecular formula is C10H19N3O2. The van der Waals surface area contributed by atoms with Gasteiger partial charge >= 0.3 is 0 Å². The van der Waals surface area contributed by atoms with Crippen LogP contribution in [0.2, 0.25) is 0 Å². The second-order valence-corrected chi connectivity index (χ2v) is 4.33. The highest BCUT2D eigenvalue weighted by molar-refractivity contribution is 6.05. The van der Waals surface area contributed by atoms with Crippen LogP contribution in [0.3, 0.4) is 0 Å². The van der Waals surface area contributed by atoms with Crippen molar-refractivity contribution in [3.05, 3.63) is 0 Å². The van der Waals surface area contributed by atoms with E-state index >= 15 is 0 Å². The zero-order chi connectivity index (χ0) is 11.4. The van der Waals surface area contributed by atoms with Gasteiger partial charge in [-0.1, -0.05) is 0 Å². The van der Waals surface area contributed by atoms with Gasteiger partial charge in [-0.15, -0.1) is 0 Å². The lowest BCUT2D eigenvalue weighted by Crippen LogP contribution is -2.42. The summed E-state index contributed by atoms with van der Waals surface area (Å²) in [7, 11) is 4.02. The number of nitrogens with zero attached hydrogens (tertiary/aromatic N) is 1. The van der Waals surface area contributed by atoms with Crippen LogP contribution in [0.4, 0.5) is 0 Å². The Bertz CT molecular complexity index is 253. The maximum Gasteiger partial charge on any atom is 0.244 e. The molecule has 2 unspecified atom stereocenters. The second-order valence-electron chi connectivity index (χ2n) is 4.33. The molecule has 2 amide bonds. The monoisotopic (exact) mass is 213 g/mol. The molecule has 1 rings (SSSR count). The van der Waals surface area contributed by atoms with Gasteiger partial charge in [-0.25, -0.2) is 0 Å². The van der Waals surface area contributed by atoms with Gasteiger partial charge in [0.2, 0.25) is 11.8 Å². The first-order chi connectivity index (χ1) is 6.99. The van der Waals surface area contributed by atoms with Gasteiger partial charge in [-0.3, -0.25) is 14.9 Å². The average molecular weight is 213 g/mol. The van der Waals surface area contributed by atoms with Crippen LogP contribution in [0.15, 0.2) is 0 Å². The number of imide groups is 1. The Labute approximate surface area is 90.2 Å². The molecule has 5 nitrogen and oxygen atoms in total. The topological polar surface area (TPSA) is 61.4 Å². The quantitative estimate of drug-likeness (QED) is 0.595. The molecular weight excluding hydrogens is 194 g/mol. The molecule has 2 N–H and O–H groups in total. The van der Waals surface area contributed by atoms with Crippen molar-refractivity contribution >= 4 is 11.8 Å². The van der Waals surface area contributed by atoms with E-state index in [2.05, 4.69) is 15.5 Å². The van der Waals surface area contributed by atoms with Gasteiger partial charge in [0.05, 0.1) is 12.5 Å². The van der Waals surface area contributed by atoms with E-state index in [4.69, 9.17) is 0 Å². The van der Waals surface area contributed by atoms with Crippen LogP contribution in [0.25, 0.3) is 0 Å². The third-order valence-electron chi connectivity index (χ3n) is 2.46. The highest BCUT2D eigenvalue weighted by atomic mass is 16.2. The van der Waals surface area contributed by atoms with Gasteiger partial charge in [0, 0.05) is 6.04 Å². The zero-order valence-corrected chi connectivity index (χ0v) is 9.54. The molecule has 1 saturated heterocycles. The predicted octanol–water partition coefficient (Wildman–Crippen LogP) is -0.669. The fraction of sp³-hybridized carbons (Fsp3) is 0.800. The lowest BCUT2D eigenvalue weighted by atomic mass is 10.1. The summed E-state index contributed by atoms with van der Waals surface area (Å²) in [5, 5.41) is 5.44. The van der Waals surface area contributed by atoms with E-state index in [0.717, 1.165) is 13.0 Å². The molecule has 5 heteroatoms. The smallest absolute Gasteiger partial charge is 0.244 e. The number of carbonyl (C=O) groups is 2. The highest BCUT2D eigenvalue weighted by Crippen LogP contribution is 2.04. The number of hydrogen-bond acceptors (Lipinski definition) is 4. The van der Waals surface area contributed by atoms with E-state index in [0.29, 0.717) is 0 Å². The van der Waals surface area contributed by atoms with Gasteiger partial charge in [0.25, 0.3) is 0 Å². The summed E-state index contributed by atoms with van der Waals surface area (Å²) in [4.78, 5) is 24.3. The molecule has 0 bridgehead atoms. The Balaban J connectivity index is 2.28. The normalized spacial score (nSPS) is 23.3. The van der Waals surface area contributed by atoms with Crippen molar-refractivity contribution in [2.45, 2.75) is 31.8 Å². The lowest BCUT2D eigenvalue weighted by Gasteiger charge is -2.19. The van der Waals surface area contributed by atoms with Crippen LogP contribution in [-0.4, -0.2) is 49.4 Å². The molecule has 1 aliphatic heterocycles. The Hall–Kier alpha value is -0.940. The zero-order valence-electron chi connectivity index (χ0n) is 9.54. The fourth-order valence-corrected chi connectivity index (χ4v) is 1.57. The summed E-state index contributed by atoms with van der Waals surface area (Å²) in [5.41, 5.74) is 0. The second kappa shape index (κ2) is 5.23. The van der Waals surface area contributed by atoms with Crippen molar-refractivity contribution in [1.82, 2.24) is 15.5 Å². The molecule has 0 radical (unpaired) electrons. The Morgan fingerprint density at radius 2 is 2.20 bits per heavy atom. The van der Waals surface area contributed by atoms with E-state index in [1.54, 1.807) is 0 Å². The molecule has 0 aliphatic carbocycles. The standard InChI is InChI=1S/C10H19N3O2/c1-7(4-5-13(2)3)11-8-6-9(14)12-10(8)15/h7-8,11H,4-6H2,1-3H3,(H,12,14,15). The Morgan fingerprint density at radius 3 is 2.67 bits per heavy atom. The minimum absolute atomic E-state index is 0.183. The number of carbonyl (C=O) groups excluding carboxylic acids is 2. The fourth-order valence-electron chi connectivity index (χ4n) is 1.57. The van der Waals surface area contributed by atoms with Gasteiger partial charge in [0.15, 0.2) is 0 Å². The lowest BCUT2D eigenvalue weighted by molar-refractivity contribution is -0.125. The van der Waals surface area contributed by atoms with Crippen molar-refractivity contribution < 1.29 is 9.59 Å². The predicted molar refractivity (Wildman–Crippen MR) is 57.3 cm³/mol. The van der Waals surface area contributed by atoms with E-state index in [1.165, 1.54) is 0 Å². The van der Waals surface area contributed by atoms with Gasteiger partial charge in [-0.2, -0.15) is 0 Å². The van der Waals surface area contributed by atoms with E-state index in [1.807, 2.05) is 21.0 Å². The summed E-state index contributed by atoms with van der Waals surface area (Å²) in [5.74, 6) is -0.381.